The van der Waals surface area contributed by atoms with Crippen LogP contribution in [0.2, 0.25) is 0 Å². The Bertz CT molecular complexity index is 782. The molecule has 1 atom stereocenters. The summed E-state index contributed by atoms with van der Waals surface area (Å²) >= 11 is 0. The molecular weight excluding hydrogens is 298 g/mol. The van der Waals surface area contributed by atoms with Crippen molar-refractivity contribution in [3.8, 4) is 0 Å². The number of nitrogens with two attached hydrogens (primary N) is 1. The third kappa shape index (κ3) is 2.38. The summed E-state index contributed by atoms with van der Waals surface area (Å²) in [6.45, 7) is 3.80. The number of amidine groups is 1. The predicted octanol–water partition coefficient (Wildman–Crippen LogP) is 2.40. The van der Waals surface area contributed by atoms with E-state index in [-0.39, 0.29) is 6.04 Å². The highest BCUT2D eigenvalue weighted by atomic mass is 15.8. The van der Waals surface area contributed by atoms with Crippen LogP contribution in [0, 0.1) is 0 Å². The van der Waals surface area contributed by atoms with Crippen molar-refractivity contribution in [2.75, 3.05) is 18.1 Å². The SMILES string of the molecule is CC1C(C2=NCCN2)=C(c2ccccc2)N(c2ccccc2)N1N. The molecule has 0 saturated carbocycles. The molecule has 5 nitrogen and oxygen atoms in total. The van der Waals surface area contributed by atoms with Gasteiger partial charge >= 0.3 is 0 Å². The molecule has 1 unspecified atom stereocenters. The van der Waals surface area contributed by atoms with Crippen LogP contribution in [0.4, 0.5) is 5.69 Å². The van der Waals surface area contributed by atoms with Crippen LogP contribution in [-0.4, -0.2) is 30.1 Å². The monoisotopic (exact) mass is 319 g/mol. The average Bonchev–Trinajstić information content (AvgIpc) is 3.24. The lowest BCUT2D eigenvalue weighted by Gasteiger charge is -2.30. The second-order valence-electron chi connectivity index (χ2n) is 5.99. The highest BCUT2D eigenvalue weighted by Crippen LogP contribution is 2.38. The van der Waals surface area contributed by atoms with E-state index in [1.54, 1.807) is 5.12 Å². The Labute approximate surface area is 142 Å². The molecule has 2 aliphatic rings. The molecule has 5 heteroatoms. The quantitative estimate of drug-likeness (QED) is 0.853. The van der Waals surface area contributed by atoms with Gasteiger partial charge in [0.2, 0.25) is 0 Å². The second kappa shape index (κ2) is 6.11. The number of anilines is 1. The van der Waals surface area contributed by atoms with Crippen LogP contribution >= 0.6 is 0 Å². The van der Waals surface area contributed by atoms with Crippen LogP contribution in [0.15, 0.2) is 71.2 Å². The van der Waals surface area contributed by atoms with Gasteiger partial charge in [0, 0.05) is 17.7 Å². The van der Waals surface area contributed by atoms with E-state index >= 15 is 0 Å². The topological polar surface area (TPSA) is 56.9 Å². The minimum atomic E-state index is 0.0322. The molecule has 0 amide bonds. The van der Waals surface area contributed by atoms with Crippen molar-refractivity contribution in [2.24, 2.45) is 10.8 Å². The Kier molecular flexibility index (Phi) is 3.80. The first-order chi connectivity index (χ1) is 11.8. The zero-order valence-corrected chi connectivity index (χ0v) is 13.7. The molecule has 3 N–H and O–H groups in total. The van der Waals surface area contributed by atoms with E-state index in [9.17, 15) is 0 Å². The van der Waals surface area contributed by atoms with E-state index in [4.69, 9.17) is 5.84 Å². The van der Waals surface area contributed by atoms with Gasteiger partial charge in [0.15, 0.2) is 0 Å². The van der Waals surface area contributed by atoms with Crippen LogP contribution in [0.25, 0.3) is 5.70 Å². The fourth-order valence-corrected chi connectivity index (χ4v) is 3.33. The summed E-state index contributed by atoms with van der Waals surface area (Å²) in [6.07, 6.45) is 0. The first kappa shape index (κ1) is 14.9. The van der Waals surface area contributed by atoms with E-state index in [0.29, 0.717) is 0 Å². The summed E-state index contributed by atoms with van der Waals surface area (Å²) in [7, 11) is 0. The first-order valence-electron chi connectivity index (χ1n) is 8.24. The van der Waals surface area contributed by atoms with E-state index in [2.05, 4.69) is 58.6 Å². The van der Waals surface area contributed by atoms with Gasteiger partial charge < -0.3 is 5.32 Å². The van der Waals surface area contributed by atoms with E-state index in [0.717, 1.165) is 41.4 Å². The maximum absolute atomic E-state index is 6.48. The van der Waals surface area contributed by atoms with Crippen molar-refractivity contribution in [3.63, 3.8) is 0 Å². The molecule has 4 rings (SSSR count). The Morgan fingerprint density at radius 3 is 2.33 bits per heavy atom. The van der Waals surface area contributed by atoms with Gasteiger partial charge in [-0.15, -0.1) is 5.12 Å². The smallest absolute Gasteiger partial charge is 0.128 e. The molecule has 0 fully saturated rings. The van der Waals surface area contributed by atoms with Crippen LogP contribution in [-0.2, 0) is 0 Å². The number of hydrazine groups is 2. The van der Waals surface area contributed by atoms with Gasteiger partial charge in [-0.25, -0.2) is 5.84 Å². The molecular formula is C19H21N5. The summed E-state index contributed by atoms with van der Waals surface area (Å²) in [5.74, 6) is 7.43. The van der Waals surface area contributed by atoms with Gasteiger partial charge in [-0.1, -0.05) is 48.5 Å². The van der Waals surface area contributed by atoms with Crippen molar-refractivity contribution in [1.29, 1.82) is 0 Å². The molecule has 2 heterocycles. The highest BCUT2D eigenvalue weighted by molar-refractivity contribution is 6.09. The number of rotatable bonds is 3. The van der Waals surface area contributed by atoms with Crippen LogP contribution in [0.3, 0.4) is 0 Å². The van der Waals surface area contributed by atoms with Crippen molar-refractivity contribution in [2.45, 2.75) is 13.0 Å². The normalized spacial score (nSPS) is 21.2. The number of nitrogens with zero attached hydrogens (tertiary/aromatic N) is 3. The maximum atomic E-state index is 6.48. The number of nitrogens with one attached hydrogen (secondary N) is 1. The Morgan fingerprint density at radius 2 is 1.71 bits per heavy atom. The lowest BCUT2D eigenvalue weighted by atomic mass is 10.0. The number of benzene rings is 2. The summed E-state index contributed by atoms with van der Waals surface area (Å²) in [5, 5.41) is 7.27. The van der Waals surface area contributed by atoms with Crippen LogP contribution in [0.5, 0.6) is 0 Å². The molecule has 0 aliphatic carbocycles. The van der Waals surface area contributed by atoms with E-state index in [1.165, 1.54) is 0 Å². The van der Waals surface area contributed by atoms with Crippen molar-refractivity contribution >= 4 is 17.2 Å². The summed E-state index contributed by atoms with van der Waals surface area (Å²) < 4.78 is 0. The summed E-state index contributed by atoms with van der Waals surface area (Å²) in [4.78, 5) is 4.65. The molecule has 2 aromatic rings. The largest absolute Gasteiger partial charge is 0.368 e. The zero-order valence-electron chi connectivity index (χ0n) is 13.7. The standard InChI is InChI=1S/C19H21N5/c1-14-17(19-21-12-13-22-19)18(15-8-4-2-5-9-15)23(24(14)20)16-10-6-3-7-11-16/h2-11,14H,12-13,20H2,1H3,(H,21,22). The Balaban J connectivity index is 1.92. The molecule has 0 saturated heterocycles. The Hall–Kier alpha value is -2.63. The average molecular weight is 319 g/mol. The van der Waals surface area contributed by atoms with Gasteiger partial charge in [-0.2, -0.15) is 0 Å². The number of aliphatic imine (C=N–C) groups is 1. The summed E-state index contributed by atoms with van der Waals surface area (Å²) in [5.41, 5.74) is 4.40. The lowest BCUT2D eigenvalue weighted by Crippen LogP contribution is -2.47. The first-order valence-corrected chi connectivity index (χ1v) is 8.24. The van der Waals surface area contributed by atoms with Gasteiger partial charge in [0.05, 0.1) is 24.0 Å². The van der Waals surface area contributed by atoms with Crippen LogP contribution in [0.1, 0.15) is 12.5 Å². The predicted molar refractivity (Wildman–Crippen MR) is 98.1 cm³/mol. The van der Waals surface area contributed by atoms with Crippen molar-refractivity contribution in [3.05, 3.63) is 71.8 Å². The Morgan fingerprint density at radius 1 is 1.04 bits per heavy atom. The van der Waals surface area contributed by atoms with Gasteiger partial charge in [-0.3, -0.25) is 10.0 Å². The van der Waals surface area contributed by atoms with Crippen LogP contribution < -0.4 is 16.2 Å². The van der Waals surface area contributed by atoms with E-state index < -0.39 is 0 Å². The number of hydrogen-bond donors (Lipinski definition) is 2. The summed E-state index contributed by atoms with van der Waals surface area (Å²) in [6, 6.07) is 20.6. The fraction of sp³-hybridized carbons (Fsp3) is 0.211. The molecule has 2 aromatic carbocycles. The maximum Gasteiger partial charge on any atom is 0.128 e. The molecule has 122 valence electrons. The number of para-hydroxylation sites is 1. The van der Waals surface area contributed by atoms with E-state index in [1.807, 2.05) is 24.3 Å². The zero-order chi connectivity index (χ0) is 16.5. The molecule has 0 radical (unpaired) electrons. The lowest BCUT2D eigenvalue weighted by molar-refractivity contribution is 0.269. The number of hydrogen-bond acceptors (Lipinski definition) is 5. The highest BCUT2D eigenvalue weighted by Gasteiger charge is 2.38. The minimum Gasteiger partial charge on any atom is -0.368 e. The van der Waals surface area contributed by atoms with Gasteiger partial charge in [-0.05, 0) is 19.1 Å². The molecule has 24 heavy (non-hydrogen) atoms. The molecule has 0 spiro atoms. The van der Waals surface area contributed by atoms with Gasteiger partial charge in [0.25, 0.3) is 0 Å². The van der Waals surface area contributed by atoms with Crippen molar-refractivity contribution in [1.82, 2.24) is 10.4 Å². The van der Waals surface area contributed by atoms with Gasteiger partial charge in [0.1, 0.15) is 5.84 Å². The second-order valence-corrected chi connectivity index (χ2v) is 5.99. The third-order valence-corrected chi connectivity index (χ3v) is 4.49. The molecule has 0 bridgehead atoms. The fourth-order valence-electron chi connectivity index (χ4n) is 3.33. The third-order valence-electron chi connectivity index (χ3n) is 4.49. The van der Waals surface area contributed by atoms with Crippen molar-refractivity contribution < 1.29 is 0 Å². The molecule has 0 aromatic heterocycles. The minimum absolute atomic E-state index is 0.0322. The molecule has 2 aliphatic heterocycles.